The third-order valence-corrected chi connectivity index (χ3v) is 12.3. The highest BCUT2D eigenvalue weighted by Gasteiger charge is 2.55. The van der Waals surface area contributed by atoms with Crippen LogP contribution in [0.5, 0.6) is 0 Å². The Morgan fingerprint density at radius 3 is 1.29 bits per heavy atom. The van der Waals surface area contributed by atoms with Crippen LogP contribution in [-0.4, -0.2) is 49.1 Å². The van der Waals surface area contributed by atoms with Crippen molar-refractivity contribution in [3.8, 4) is 11.1 Å². The maximum Gasteiger partial charge on any atom is 0.330 e. The van der Waals surface area contributed by atoms with Crippen molar-refractivity contribution in [2.75, 3.05) is 12.9 Å². The lowest BCUT2D eigenvalue weighted by Crippen LogP contribution is -2.48. The first-order chi connectivity index (χ1) is 31.7. The molecule has 1 aliphatic heterocycles. The topological polar surface area (TPSA) is 126 Å². The summed E-state index contributed by atoms with van der Waals surface area (Å²) in [5, 5.41) is 0. The van der Waals surface area contributed by atoms with E-state index in [1.165, 1.54) is 10.8 Å². The zero-order valence-electron chi connectivity index (χ0n) is 35.4. The van der Waals surface area contributed by atoms with Crippen LogP contribution in [0.4, 0.5) is 0 Å². The van der Waals surface area contributed by atoms with Gasteiger partial charge in [-0.3, -0.25) is 18.5 Å². The van der Waals surface area contributed by atoms with E-state index in [0.29, 0.717) is 5.56 Å². The van der Waals surface area contributed by atoms with Crippen molar-refractivity contribution >= 4 is 10.1 Å². The van der Waals surface area contributed by atoms with Gasteiger partial charge in [-0.05, 0) is 38.9 Å². The predicted octanol–water partition coefficient (Wildman–Crippen LogP) is 8.83. The molecule has 8 aromatic rings. The van der Waals surface area contributed by atoms with Crippen LogP contribution in [-0.2, 0) is 39.7 Å². The molecule has 0 radical (unpaired) electrons. The molecule has 1 fully saturated rings. The minimum Gasteiger partial charge on any atom is -0.358 e. The van der Waals surface area contributed by atoms with Gasteiger partial charge in [0.2, 0.25) is 0 Å². The van der Waals surface area contributed by atoms with Crippen molar-refractivity contribution < 1.29 is 26.8 Å². The Kier molecular flexibility index (Phi) is 12.4. The summed E-state index contributed by atoms with van der Waals surface area (Å²) in [5.41, 5.74) is 1.26. The molecule has 0 spiro atoms. The highest BCUT2D eigenvalue weighted by molar-refractivity contribution is 7.86. The Hall–Kier alpha value is -6.99. The second-order valence-corrected chi connectivity index (χ2v) is 17.5. The van der Waals surface area contributed by atoms with E-state index in [2.05, 4.69) is 4.98 Å². The van der Waals surface area contributed by atoms with E-state index in [1.807, 2.05) is 188 Å². The minimum absolute atomic E-state index is 0.160. The van der Waals surface area contributed by atoms with Crippen LogP contribution in [0, 0.1) is 0 Å². The lowest BCUT2D eigenvalue weighted by molar-refractivity contribution is -0.130. The van der Waals surface area contributed by atoms with Crippen molar-refractivity contribution in [1.82, 2.24) is 9.55 Å². The van der Waals surface area contributed by atoms with Crippen LogP contribution in [0.3, 0.4) is 0 Å². The van der Waals surface area contributed by atoms with Gasteiger partial charge in [0.15, 0.2) is 12.3 Å². The number of H-pyrrole nitrogens is 1. The quantitative estimate of drug-likeness (QED) is 0.0800. The number of aromatic amines is 1. The van der Waals surface area contributed by atoms with Gasteiger partial charge < -0.3 is 14.2 Å². The van der Waals surface area contributed by atoms with Crippen LogP contribution in [0.1, 0.15) is 39.6 Å². The lowest BCUT2D eigenvalue weighted by Gasteiger charge is -2.41. The summed E-state index contributed by atoms with van der Waals surface area (Å²) in [6.07, 6.45) is -3.07. The standard InChI is InChI=1S/C54H46N2O8S/c1-65(59,60)64-49-48(63-54(43-31-17-6-18-32-43,44-33-19-7-20-34-44)45-35-21-8-22-36-45)47(62-51(49)56-37-46(50(57)55-52(56)58)39-23-9-2-10-24-39)38-61-53(40-25-11-3-12-26-40,41-27-13-4-14-28-41)42-29-15-5-16-30-42/h2-37,47-49,51H,38H2,1H3,(H,55,57,58)/t47-,48-,49-,51-/m1/s1. The van der Waals surface area contributed by atoms with Crippen molar-refractivity contribution in [2.24, 2.45) is 0 Å². The van der Waals surface area contributed by atoms with E-state index in [1.54, 1.807) is 24.3 Å². The molecule has 2 heterocycles. The molecular formula is C54H46N2O8S. The summed E-state index contributed by atoms with van der Waals surface area (Å²) in [7, 11) is -4.30. The van der Waals surface area contributed by atoms with Gasteiger partial charge in [0.1, 0.15) is 23.4 Å². The molecule has 4 atom stereocenters. The Morgan fingerprint density at radius 1 is 0.538 bits per heavy atom. The van der Waals surface area contributed by atoms with Gasteiger partial charge >= 0.3 is 5.69 Å². The van der Waals surface area contributed by atoms with Crippen molar-refractivity contribution in [3.63, 3.8) is 0 Å². The average molecular weight is 883 g/mol. The van der Waals surface area contributed by atoms with Crippen molar-refractivity contribution in [1.29, 1.82) is 0 Å². The molecule has 65 heavy (non-hydrogen) atoms. The molecule has 10 nitrogen and oxygen atoms in total. The summed E-state index contributed by atoms with van der Waals surface area (Å²) in [6.45, 7) is -0.207. The molecule has 1 N–H and O–H groups in total. The highest BCUT2D eigenvalue weighted by atomic mass is 32.2. The van der Waals surface area contributed by atoms with Gasteiger partial charge in [-0.2, -0.15) is 8.42 Å². The van der Waals surface area contributed by atoms with E-state index in [-0.39, 0.29) is 12.2 Å². The number of rotatable bonds is 15. The third-order valence-electron chi connectivity index (χ3n) is 11.8. The number of aromatic nitrogens is 2. The van der Waals surface area contributed by atoms with E-state index >= 15 is 0 Å². The van der Waals surface area contributed by atoms with Gasteiger partial charge in [-0.25, -0.2) is 4.79 Å². The lowest BCUT2D eigenvalue weighted by atomic mass is 9.79. The first-order valence-electron chi connectivity index (χ1n) is 21.3. The predicted molar refractivity (Wildman–Crippen MR) is 250 cm³/mol. The van der Waals surface area contributed by atoms with Crippen LogP contribution in [0.2, 0.25) is 0 Å². The summed E-state index contributed by atoms with van der Waals surface area (Å²) in [5.74, 6) is 0. The third kappa shape index (κ3) is 8.68. The Balaban J connectivity index is 1.28. The first-order valence-corrected chi connectivity index (χ1v) is 23.1. The average Bonchev–Trinajstić information content (AvgIpc) is 3.67. The van der Waals surface area contributed by atoms with E-state index < -0.39 is 57.1 Å². The fourth-order valence-electron chi connectivity index (χ4n) is 8.91. The van der Waals surface area contributed by atoms with Crippen LogP contribution >= 0.6 is 0 Å². The van der Waals surface area contributed by atoms with Gasteiger partial charge in [0.05, 0.1) is 18.4 Å². The zero-order chi connectivity index (χ0) is 44.9. The van der Waals surface area contributed by atoms with E-state index in [0.717, 1.165) is 39.6 Å². The fourth-order valence-corrected chi connectivity index (χ4v) is 9.52. The SMILES string of the molecule is CS(=O)(=O)O[C@@H]1[C@H](OC(c2ccccc2)(c2ccccc2)c2ccccc2)[C@@H](COC(c2ccccc2)(c2ccccc2)c2ccccc2)O[C@H]1n1cc(-c2ccccc2)c(=O)[nH]c1=O. The second-order valence-electron chi connectivity index (χ2n) is 15.9. The molecule has 0 aliphatic carbocycles. The molecule has 1 aromatic heterocycles. The smallest absolute Gasteiger partial charge is 0.330 e. The summed E-state index contributed by atoms with van der Waals surface area (Å²) < 4.78 is 56.5. The number of benzene rings is 7. The fraction of sp³-hybridized carbons (Fsp3) is 0.148. The van der Waals surface area contributed by atoms with E-state index in [4.69, 9.17) is 18.4 Å². The van der Waals surface area contributed by atoms with Gasteiger partial charge in [0, 0.05) is 6.20 Å². The van der Waals surface area contributed by atoms with Gasteiger partial charge in [-0.15, -0.1) is 0 Å². The molecule has 9 rings (SSSR count). The molecule has 0 amide bonds. The molecule has 0 bridgehead atoms. The maximum atomic E-state index is 14.1. The van der Waals surface area contributed by atoms with Crippen molar-refractivity contribution in [2.45, 2.75) is 35.7 Å². The zero-order valence-corrected chi connectivity index (χ0v) is 36.2. The molecule has 11 heteroatoms. The molecule has 0 saturated carbocycles. The number of ether oxygens (including phenoxy) is 3. The van der Waals surface area contributed by atoms with Crippen LogP contribution < -0.4 is 11.2 Å². The number of nitrogens with one attached hydrogen (secondary N) is 1. The Bertz CT molecular complexity index is 2850. The first kappa shape index (κ1) is 43.3. The molecule has 1 saturated heterocycles. The largest absolute Gasteiger partial charge is 0.358 e. The summed E-state index contributed by atoms with van der Waals surface area (Å²) in [6, 6.07) is 67.3. The number of hydrogen-bond donors (Lipinski definition) is 1. The molecule has 0 unspecified atom stereocenters. The van der Waals surface area contributed by atoms with Gasteiger partial charge in [-0.1, -0.05) is 212 Å². The summed E-state index contributed by atoms with van der Waals surface area (Å²) >= 11 is 0. The van der Waals surface area contributed by atoms with Crippen molar-refractivity contribution in [3.05, 3.63) is 273 Å². The second kappa shape index (κ2) is 18.6. The molecule has 326 valence electrons. The highest BCUT2D eigenvalue weighted by Crippen LogP contribution is 2.47. The monoisotopic (exact) mass is 882 g/mol. The molecule has 7 aromatic carbocycles. The number of nitrogens with zero attached hydrogens (tertiary/aromatic N) is 1. The molecular weight excluding hydrogens is 837 g/mol. The summed E-state index contributed by atoms with van der Waals surface area (Å²) in [4.78, 5) is 30.0. The maximum absolute atomic E-state index is 14.1. The Labute approximate surface area is 377 Å². The van der Waals surface area contributed by atoms with Crippen LogP contribution in [0.15, 0.2) is 228 Å². The Morgan fingerprint density at radius 2 is 0.908 bits per heavy atom. The normalized spacial score (nSPS) is 17.7. The molecule has 1 aliphatic rings. The van der Waals surface area contributed by atoms with Crippen LogP contribution in [0.25, 0.3) is 11.1 Å². The number of hydrogen-bond acceptors (Lipinski definition) is 8. The van der Waals surface area contributed by atoms with Gasteiger partial charge in [0.25, 0.3) is 15.7 Å². The van der Waals surface area contributed by atoms with E-state index in [9.17, 15) is 18.0 Å². The minimum atomic E-state index is -4.30.